The summed E-state index contributed by atoms with van der Waals surface area (Å²) in [6, 6.07) is 22.1. The Bertz CT molecular complexity index is 1140. The van der Waals surface area contributed by atoms with Gasteiger partial charge >= 0.3 is 7.12 Å². The summed E-state index contributed by atoms with van der Waals surface area (Å²) in [5, 5.41) is 10.0. The van der Waals surface area contributed by atoms with Crippen LogP contribution >= 0.6 is 0 Å². The summed E-state index contributed by atoms with van der Waals surface area (Å²) in [5.74, 6) is 0.542. The van der Waals surface area contributed by atoms with Gasteiger partial charge in [-0.05, 0) is 64.2 Å². The van der Waals surface area contributed by atoms with Crippen molar-refractivity contribution in [1.82, 2.24) is 4.90 Å². The van der Waals surface area contributed by atoms with Crippen molar-refractivity contribution >= 4 is 18.5 Å². The first-order valence-electron chi connectivity index (χ1n) is 11.2. The van der Waals surface area contributed by atoms with Crippen LogP contribution in [0.1, 0.15) is 45.8 Å². The molecule has 0 aromatic heterocycles. The van der Waals surface area contributed by atoms with Crippen molar-refractivity contribution in [2.45, 2.75) is 31.9 Å². The fourth-order valence-corrected chi connectivity index (χ4v) is 4.91. The third-order valence-corrected chi connectivity index (χ3v) is 6.72. The Morgan fingerprint density at radius 2 is 1.84 bits per heavy atom. The van der Waals surface area contributed by atoms with Crippen molar-refractivity contribution in [3.63, 3.8) is 0 Å². The first-order valence-corrected chi connectivity index (χ1v) is 11.2. The van der Waals surface area contributed by atoms with Crippen LogP contribution in [0.25, 0.3) is 11.1 Å². The number of nitrogens with zero attached hydrogens (tertiary/aromatic N) is 1. The van der Waals surface area contributed by atoms with Crippen molar-refractivity contribution in [3.8, 4) is 11.1 Å². The Balaban J connectivity index is 1.31. The minimum atomic E-state index is -0.874. The van der Waals surface area contributed by atoms with E-state index in [4.69, 9.17) is 10.4 Å². The van der Waals surface area contributed by atoms with E-state index >= 15 is 0 Å². The molecular formula is C26H27BN2O3. The molecule has 5 rings (SSSR count). The molecule has 5 nitrogen and oxygen atoms in total. The van der Waals surface area contributed by atoms with Gasteiger partial charge in [0.1, 0.15) is 0 Å². The lowest BCUT2D eigenvalue weighted by atomic mass is 9.77. The number of benzene rings is 3. The molecule has 1 amide bonds. The minimum absolute atomic E-state index is 0.0740. The van der Waals surface area contributed by atoms with Crippen LogP contribution < -0.4 is 11.2 Å². The van der Waals surface area contributed by atoms with Gasteiger partial charge in [0.15, 0.2) is 0 Å². The Morgan fingerprint density at radius 1 is 1.06 bits per heavy atom. The molecular weight excluding hydrogens is 399 g/mol. The molecule has 162 valence electrons. The van der Waals surface area contributed by atoms with E-state index in [0.717, 1.165) is 53.6 Å². The van der Waals surface area contributed by atoms with Crippen molar-refractivity contribution in [1.29, 1.82) is 0 Å². The number of amides is 1. The number of nitrogens with two attached hydrogens (primary N) is 1. The zero-order valence-electron chi connectivity index (χ0n) is 18.0. The van der Waals surface area contributed by atoms with E-state index in [1.54, 1.807) is 0 Å². The summed E-state index contributed by atoms with van der Waals surface area (Å²) in [4.78, 5) is 15.2. The van der Waals surface area contributed by atoms with Crippen molar-refractivity contribution in [3.05, 3.63) is 89.0 Å². The van der Waals surface area contributed by atoms with E-state index in [2.05, 4.69) is 24.3 Å². The molecule has 2 aliphatic rings. The largest absolute Gasteiger partial charge is 0.491 e. The molecule has 6 heteroatoms. The van der Waals surface area contributed by atoms with Gasteiger partial charge in [0.05, 0.1) is 6.61 Å². The van der Waals surface area contributed by atoms with Gasteiger partial charge < -0.3 is 20.3 Å². The molecule has 3 N–H and O–H groups in total. The van der Waals surface area contributed by atoms with Crippen molar-refractivity contribution in [2.75, 3.05) is 13.1 Å². The second kappa shape index (κ2) is 8.90. The van der Waals surface area contributed by atoms with Gasteiger partial charge in [0.2, 0.25) is 0 Å². The molecule has 3 aromatic rings. The third-order valence-electron chi connectivity index (χ3n) is 6.72. The number of carbonyl (C=O) groups excluding carboxylic acids is 1. The normalized spacial score (nSPS) is 16.3. The smallest absolute Gasteiger partial charge is 0.423 e. The van der Waals surface area contributed by atoms with Crippen LogP contribution in [-0.4, -0.2) is 36.0 Å². The number of hydrogen-bond acceptors (Lipinski definition) is 4. The fraction of sp³-hybridized carbons (Fsp3) is 0.269. The van der Waals surface area contributed by atoms with Crippen LogP contribution in [0.5, 0.6) is 0 Å². The second-order valence-electron chi connectivity index (χ2n) is 8.63. The highest BCUT2D eigenvalue weighted by molar-refractivity contribution is 6.61. The van der Waals surface area contributed by atoms with Crippen molar-refractivity contribution < 1.29 is 14.5 Å². The molecule has 3 aromatic carbocycles. The summed E-state index contributed by atoms with van der Waals surface area (Å²) >= 11 is 0. The van der Waals surface area contributed by atoms with E-state index in [1.165, 1.54) is 5.56 Å². The average molecular weight is 426 g/mol. The Morgan fingerprint density at radius 3 is 2.66 bits per heavy atom. The van der Waals surface area contributed by atoms with Gasteiger partial charge in [-0.25, -0.2) is 0 Å². The quantitative estimate of drug-likeness (QED) is 0.629. The maximum atomic E-state index is 13.3. The van der Waals surface area contributed by atoms with Crippen LogP contribution in [-0.2, 0) is 17.8 Å². The predicted molar refractivity (Wildman–Crippen MR) is 126 cm³/mol. The second-order valence-corrected chi connectivity index (χ2v) is 8.63. The van der Waals surface area contributed by atoms with Crippen LogP contribution in [0.15, 0.2) is 66.7 Å². The minimum Gasteiger partial charge on any atom is -0.423 e. The molecule has 2 aliphatic heterocycles. The molecule has 0 radical (unpaired) electrons. The number of fused-ring (bicyclic) bond motifs is 1. The number of rotatable bonds is 4. The first-order chi connectivity index (χ1) is 15.6. The van der Waals surface area contributed by atoms with E-state index in [0.29, 0.717) is 24.6 Å². The lowest BCUT2D eigenvalue weighted by molar-refractivity contribution is 0.0713. The van der Waals surface area contributed by atoms with Crippen LogP contribution in [0, 0.1) is 0 Å². The highest BCUT2D eigenvalue weighted by Crippen LogP contribution is 2.31. The fourth-order valence-electron chi connectivity index (χ4n) is 4.91. The van der Waals surface area contributed by atoms with E-state index in [1.807, 2.05) is 47.4 Å². The molecule has 0 saturated carbocycles. The maximum absolute atomic E-state index is 13.3. The summed E-state index contributed by atoms with van der Waals surface area (Å²) < 4.78 is 5.39. The number of hydrogen-bond donors (Lipinski definition) is 2. The molecule has 1 fully saturated rings. The number of carbonyl (C=O) groups is 1. The predicted octanol–water partition coefficient (Wildman–Crippen LogP) is 3.05. The highest BCUT2D eigenvalue weighted by Gasteiger charge is 2.29. The summed E-state index contributed by atoms with van der Waals surface area (Å²) in [5.41, 5.74) is 12.7. The molecule has 0 atom stereocenters. The number of likely N-dealkylation sites (tertiary alicyclic amines) is 1. The molecule has 0 spiro atoms. The van der Waals surface area contributed by atoms with Crippen LogP contribution in [0.2, 0.25) is 0 Å². The standard InChI is InChI=1S/C26H27BN2O3/c28-16-18-4-1-5-20(14-18)19-10-12-29(13-11-19)26(30)22-7-2-6-21(15-22)23-8-3-9-25-24(23)17-32-27(25)31/h1-9,14-15,19,31H,10-13,16-17,28H2. The molecule has 32 heavy (non-hydrogen) atoms. The first kappa shape index (κ1) is 20.9. The average Bonchev–Trinajstić information content (AvgIpc) is 3.24. The van der Waals surface area contributed by atoms with Gasteiger partial charge in [0.25, 0.3) is 5.91 Å². The summed E-state index contributed by atoms with van der Waals surface area (Å²) in [6.45, 7) is 2.43. The Kier molecular flexibility index (Phi) is 5.83. The molecule has 0 unspecified atom stereocenters. The summed E-state index contributed by atoms with van der Waals surface area (Å²) in [6.07, 6.45) is 1.92. The molecule has 0 aliphatic carbocycles. The SMILES string of the molecule is NCc1cccc(C2CCN(C(=O)c3cccc(-c4cccc5c4COB5O)c3)CC2)c1. The zero-order chi connectivity index (χ0) is 22.1. The van der Waals surface area contributed by atoms with E-state index in [-0.39, 0.29) is 5.91 Å². The van der Waals surface area contributed by atoms with Gasteiger partial charge in [0, 0.05) is 25.2 Å². The topological polar surface area (TPSA) is 75.8 Å². The lowest BCUT2D eigenvalue weighted by Crippen LogP contribution is -2.37. The van der Waals surface area contributed by atoms with E-state index < -0.39 is 7.12 Å². The molecule has 2 heterocycles. The lowest BCUT2D eigenvalue weighted by Gasteiger charge is -2.32. The van der Waals surface area contributed by atoms with Gasteiger partial charge in [-0.15, -0.1) is 0 Å². The Labute approximate surface area is 189 Å². The molecule has 0 bridgehead atoms. The Hall–Kier alpha value is -2.93. The monoisotopic (exact) mass is 426 g/mol. The van der Waals surface area contributed by atoms with Crippen LogP contribution in [0.4, 0.5) is 0 Å². The van der Waals surface area contributed by atoms with Gasteiger partial charge in [-0.2, -0.15) is 0 Å². The zero-order valence-corrected chi connectivity index (χ0v) is 18.0. The highest BCUT2D eigenvalue weighted by atomic mass is 16.5. The van der Waals surface area contributed by atoms with Crippen LogP contribution in [0.3, 0.4) is 0 Å². The van der Waals surface area contributed by atoms with Gasteiger partial charge in [-0.1, -0.05) is 54.6 Å². The van der Waals surface area contributed by atoms with E-state index in [9.17, 15) is 9.82 Å². The summed E-state index contributed by atoms with van der Waals surface area (Å²) in [7, 11) is -0.874. The van der Waals surface area contributed by atoms with Gasteiger partial charge in [-0.3, -0.25) is 4.79 Å². The molecule has 1 saturated heterocycles. The maximum Gasteiger partial charge on any atom is 0.491 e. The third kappa shape index (κ3) is 3.97. The number of piperidine rings is 1. The van der Waals surface area contributed by atoms with Crippen molar-refractivity contribution in [2.24, 2.45) is 5.73 Å².